The highest BCUT2D eigenvalue weighted by molar-refractivity contribution is 6.00. The molecule has 0 saturated heterocycles. The first-order valence-corrected chi connectivity index (χ1v) is 7.55. The molecule has 1 heterocycles. The van der Waals surface area contributed by atoms with Crippen molar-refractivity contribution in [2.75, 3.05) is 20.2 Å². The fourth-order valence-corrected chi connectivity index (χ4v) is 2.18. The zero-order valence-corrected chi connectivity index (χ0v) is 13.6. The first-order chi connectivity index (χ1) is 11.0. The van der Waals surface area contributed by atoms with Crippen LogP contribution in [0.4, 0.5) is 0 Å². The molecule has 0 aliphatic rings. The average Bonchev–Trinajstić information content (AvgIpc) is 2.56. The average molecular weight is 315 g/mol. The van der Waals surface area contributed by atoms with Crippen LogP contribution in [0.25, 0.3) is 10.9 Å². The fraction of sp³-hybridized carbons (Fsp3) is 0.353. The number of carbonyl (C=O) groups excluding carboxylic acids is 2. The Balaban J connectivity index is 2.14. The first-order valence-electron chi connectivity index (χ1n) is 7.55. The Hall–Kier alpha value is -2.63. The van der Waals surface area contributed by atoms with Crippen molar-refractivity contribution in [3.63, 3.8) is 0 Å². The fourth-order valence-electron chi connectivity index (χ4n) is 2.18. The van der Waals surface area contributed by atoms with Crippen LogP contribution in [0.15, 0.2) is 24.3 Å². The monoisotopic (exact) mass is 315 g/mol. The number of nitrogens with zero attached hydrogens (tertiary/aromatic N) is 1. The molecule has 6 heteroatoms. The topological polar surface area (TPSA) is 80.3 Å². The predicted molar refractivity (Wildman–Crippen MR) is 88.7 cm³/mol. The summed E-state index contributed by atoms with van der Waals surface area (Å²) in [5.41, 5.74) is 1.84. The Morgan fingerprint density at radius 2 is 2.00 bits per heavy atom. The first kappa shape index (κ1) is 16.7. The van der Waals surface area contributed by atoms with Gasteiger partial charge in [0.1, 0.15) is 5.75 Å². The number of methoxy groups -OCH3 is 1. The van der Waals surface area contributed by atoms with Crippen molar-refractivity contribution in [1.29, 1.82) is 0 Å². The van der Waals surface area contributed by atoms with Gasteiger partial charge in [-0.1, -0.05) is 6.92 Å². The van der Waals surface area contributed by atoms with Gasteiger partial charge in [0.2, 0.25) is 5.91 Å². The van der Waals surface area contributed by atoms with Crippen molar-refractivity contribution < 1.29 is 14.3 Å². The third-order valence-corrected chi connectivity index (χ3v) is 3.44. The molecule has 0 unspecified atom stereocenters. The molecule has 0 radical (unpaired) electrons. The summed E-state index contributed by atoms with van der Waals surface area (Å²) in [5, 5.41) is 6.18. The molecule has 23 heavy (non-hydrogen) atoms. The standard InChI is InChI=1S/C17H21N3O3/c1-4-7-18-16(21)10-19-17(22)14-8-12-5-6-13(23-3)9-15(12)20-11(14)2/h5-6,8-9H,4,7,10H2,1-3H3,(H,18,21)(H,19,22). The minimum atomic E-state index is -0.306. The molecule has 0 saturated carbocycles. The molecule has 1 aromatic carbocycles. The van der Waals surface area contributed by atoms with Crippen LogP contribution in [0.1, 0.15) is 29.4 Å². The smallest absolute Gasteiger partial charge is 0.253 e. The Kier molecular flexibility index (Phi) is 5.51. The van der Waals surface area contributed by atoms with Gasteiger partial charge in [0.25, 0.3) is 5.91 Å². The van der Waals surface area contributed by atoms with Gasteiger partial charge in [-0.15, -0.1) is 0 Å². The van der Waals surface area contributed by atoms with Gasteiger partial charge in [0.15, 0.2) is 0 Å². The van der Waals surface area contributed by atoms with E-state index in [1.165, 1.54) is 0 Å². The minimum absolute atomic E-state index is 0.0427. The molecular weight excluding hydrogens is 294 g/mol. The highest BCUT2D eigenvalue weighted by Crippen LogP contribution is 2.21. The van der Waals surface area contributed by atoms with Crippen LogP contribution in [-0.4, -0.2) is 37.0 Å². The molecule has 122 valence electrons. The van der Waals surface area contributed by atoms with Crippen LogP contribution in [0, 0.1) is 6.92 Å². The number of aryl methyl sites for hydroxylation is 1. The van der Waals surface area contributed by atoms with E-state index in [0.29, 0.717) is 23.6 Å². The highest BCUT2D eigenvalue weighted by Gasteiger charge is 2.13. The van der Waals surface area contributed by atoms with Crippen LogP contribution in [-0.2, 0) is 4.79 Å². The van der Waals surface area contributed by atoms with Crippen LogP contribution < -0.4 is 15.4 Å². The zero-order chi connectivity index (χ0) is 16.8. The molecule has 0 fully saturated rings. The number of nitrogens with one attached hydrogen (secondary N) is 2. The molecule has 0 aliphatic carbocycles. The van der Waals surface area contributed by atoms with Gasteiger partial charge in [-0.3, -0.25) is 14.6 Å². The maximum absolute atomic E-state index is 12.3. The lowest BCUT2D eigenvalue weighted by Gasteiger charge is -2.09. The lowest BCUT2D eigenvalue weighted by atomic mass is 10.1. The Morgan fingerprint density at radius 1 is 1.22 bits per heavy atom. The maximum atomic E-state index is 12.3. The van der Waals surface area contributed by atoms with Crippen molar-refractivity contribution in [2.24, 2.45) is 0 Å². The molecule has 0 atom stereocenters. The molecule has 2 amide bonds. The van der Waals surface area contributed by atoms with Gasteiger partial charge in [0.05, 0.1) is 30.4 Å². The maximum Gasteiger partial charge on any atom is 0.253 e. The summed E-state index contributed by atoms with van der Waals surface area (Å²) in [7, 11) is 1.60. The summed E-state index contributed by atoms with van der Waals surface area (Å²) in [6, 6.07) is 7.27. The molecule has 0 aliphatic heterocycles. The lowest BCUT2D eigenvalue weighted by molar-refractivity contribution is -0.120. The van der Waals surface area contributed by atoms with Crippen LogP contribution >= 0.6 is 0 Å². The van der Waals surface area contributed by atoms with E-state index in [2.05, 4.69) is 15.6 Å². The zero-order valence-electron chi connectivity index (χ0n) is 13.6. The molecule has 2 aromatic rings. The second-order valence-corrected chi connectivity index (χ2v) is 5.21. The van der Waals surface area contributed by atoms with E-state index in [4.69, 9.17) is 4.74 Å². The van der Waals surface area contributed by atoms with Gasteiger partial charge in [-0.2, -0.15) is 0 Å². The van der Waals surface area contributed by atoms with E-state index in [0.717, 1.165) is 17.3 Å². The third-order valence-electron chi connectivity index (χ3n) is 3.44. The summed E-state index contributed by atoms with van der Waals surface area (Å²) < 4.78 is 5.17. The number of benzene rings is 1. The normalized spacial score (nSPS) is 10.4. The molecule has 2 rings (SSSR count). The van der Waals surface area contributed by atoms with Gasteiger partial charge >= 0.3 is 0 Å². The van der Waals surface area contributed by atoms with Gasteiger partial charge in [-0.25, -0.2) is 0 Å². The van der Waals surface area contributed by atoms with E-state index in [9.17, 15) is 9.59 Å². The van der Waals surface area contributed by atoms with E-state index in [-0.39, 0.29) is 18.4 Å². The van der Waals surface area contributed by atoms with E-state index in [1.807, 2.05) is 25.1 Å². The molecular formula is C17H21N3O3. The predicted octanol–water partition coefficient (Wildman–Crippen LogP) is 1.81. The van der Waals surface area contributed by atoms with Crippen LogP contribution in [0.5, 0.6) is 5.75 Å². The second kappa shape index (κ2) is 7.58. The molecule has 0 bridgehead atoms. The van der Waals surface area contributed by atoms with Crippen molar-refractivity contribution in [3.05, 3.63) is 35.5 Å². The summed E-state index contributed by atoms with van der Waals surface area (Å²) >= 11 is 0. The number of amides is 2. The molecule has 6 nitrogen and oxygen atoms in total. The number of fused-ring (bicyclic) bond motifs is 1. The number of aromatic nitrogens is 1. The minimum Gasteiger partial charge on any atom is -0.497 e. The Bertz CT molecular complexity index is 728. The van der Waals surface area contributed by atoms with Gasteiger partial charge in [-0.05, 0) is 31.5 Å². The molecule has 2 N–H and O–H groups in total. The summed E-state index contributed by atoms with van der Waals surface area (Å²) in [4.78, 5) is 28.2. The molecule has 0 spiro atoms. The van der Waals surface area contributed by atoms with Gasteiger partial charge < -0.3 is 15.4 Å². The van der Waals surface area contributed by atoms with Gasteiger partial charge in [0, 0.05) is 18.0 Å². The number of ether oxygens (including phenoxy) is 1. The van der Waals surface area contributed by atoms with Crippen LogP contribution in [0.3, 0.4) is 0 Å². The number of rotatable bonds is 6. The molecule has 1 aromatic heterocycles. The quantitative estimate of drug-likeness (QED) is 0.852. The van der Waals surface area contributed by atoms with Crippen molar-refractivity contribution >= 4 is 22.7 Å². The van der Waals surface area contributed by atoms with E-state index in [1.54, 1.807) is 20.1 Å². The Morgan fingerprint density at radius 3 is 2.70 bits per heavy atom. The second-order valence-electron chi connectivity index (χ2n) is 5.21. The number of hydrogen-bond donors (Lipinski definition) is 2. The van der Waals surface area contributed by atoms with Crippen molar-refractivity contribution in [1.82, 2.24) is 15.6 Å². The van der Waals surface area contributed by atoms with Crippen molar-refractivity contribution in [2.45, 2.75) is 20.3 Å². The largest absolute Gasteiger partial charge is 0.497 e. The summed E-state index contributed by atoms with van der Waals surface area (Å²) in [6.45, 7) is 4.30. The summed E-state index contributed by atoms with van der Waals surface area (Å²) in [6.07, 6.45) is 0.858. The lowest BCUT2D eigenvalue weighted by Crippen LogP contribution is -2.37. The Labute approximate surface area is 135 Å². The van der Waals surface area contributed by atoms with Crippen LogP contribution in [0.2, 0.25) is 0 Å². The van der Waals surface area contributed by atoms with E-state index < -0.39 is 0 Å². The summed E-state index contributed by atoms with van der Waals surface area (Å²) in [5.74, 6) is 0.213. The van der Waals surface area contributed by atoms with E-state index >= 15 is 0 Å². The third kappa shape index (κ3) is 4.18. The highest BCUT2D eigenvalue weighted by atomic mass is 16.5. The number of hydrogen-bond acceptors (Lipinski definition) is 4. The number of carbonyl (C=O) groups is 2. The SMILES string of the molecule is CCCNC(=O)CNC(=O)c1cc2ccc(OC)cc2nc1C. The number of pyridine rings is 1. The van der Waals surface area contributed by atoms with Crippen molar-refractivity contribution in [3.8, 4) is 5.75 Å².